The first kappa shape index (κ1) is 12.5. The highest BCUT2D eigenvalue weighted by Crippen LogP contribution is 2.04. The first-order valence-corrected chi connectivity index (χ1v) is 4.80. The quantitative estimate of drug-likeness (QED) is 0.599. The molecule has 1 heterocycles. The second kappa shape index (κ2) is 5.25. The van der Waals surface area contributed by atoms with Crippen LogP contribution in [0.2, 0.25) is 0 Å². The highest BCUT2D eigenvalue weighted by molar-refractivity contribution is 7.11. The number of nitrogens with zero attached hydrogens (tertiary/aromatic N) is 1. The summed E-state index contributed by atoms with van der Waals surface area (Å²) in [5.74, 6) is 0. The van der Waals surface area contributed by atoms with Gasteiger partial charge in [-0.1, -0.05) is 6.07 Å². The van der Waals surface area contributed by atoms with Crippen molar-refractivity contribution in [3.05, 3.63) is 22.4 Å². The molecular weight excluding hydrogens is 204 g/mol. The van der Waals surface area contributed by atoms with E-state index in [4.69, 9.17) is 0 Å². The Balaban J connectivity index is 0.00000144. The molecule has 0 aliphatic carbocycles. The zero-order valence-corrected chi connectivity index (χ0v) is 9.71. The van der Waals surface area contributed by atoms with Gasteiger partial charge in [0.2, 0.25) is 0 Å². The highest BCUT2D eigenvalue weighted by atomic mass is 35.5. The molecule has 13 heavy (non-hydrogen) atoms. The first-order chi connectivity index (χ1) is 5.58. The van der Waals surface area contributed by atoms with Crippen molar-refractivity contribution in [2.24, 2.45) is 5.10 Å². The Hall–Kier alpha value is -0.540. The molecule has 0 bridgehead atoms. The van der Waals surface area contributed by atoms with Crippen LogP contribution in [0.3, 0.4) is 0 Å². The van der Waals surface area contributed by atoms with E-state index < -0.39 is 0 Å². The molecule has 0 aliphatic rings. The number of hydrogen-bond acceptors (Lipinski definition) is 3. The lowest BCUT2D eigenvalue weighted by Crippen LogP contribution is -2.31. The van der Waals surface area contributed by atoms with E-state index in [2.05, 4.69) is 31.3 Å². The molecule has 1 rings (SSSR count). The zero-order valence-electron chi connectivity index (χ0n) is 8.07. The molecule has 1 aromatic heterocycles. The minimum absolute atomic E-state index is 0. The number of nitrogens with one attached hydrogen (secondary N) is 1. The van der Waals surface area contributed by atoms with Gasteiger partial charge in [0.15, 0.2) is 0 Å². The minimum Gasteiger partial charge on any atom is -0.305 e. The van der Waals surface area contributed by atoms with Gasteiger partial charge in [-0.2, -0.15) is 5.10 Å². The van der Waals surface area contributed by atoms with Gasteiger partial charge >= 0.3 is 0 Å². The molecule has 0 radical (unpaired) electrons. The third-order valence-corrected chi connectivity index (χ3v) is 1.94. The van der Waals surface area contributed by atoms with E-state index in [1.807, 2.05) is 23.7 Å². The molecule has 1 aromatic rings. The van der Waals surface area contributed by atoms with Crippen LogP contribution >= 0.6 is 23.7 Å². The number of halogens is 1. The summed E-state index contributed by atoms with van der Waals surface area (Å²) < 4.78 is 0. The van der Waals surface area contributed by atoms with Crippen LogP contribution in [-0.2, 0) is 0 Å². The largest absolute Gasteiger partial charge is 0.305 e. The highest BCUT2D eigenvalue weighted by Gasteiger charge is 2.05. The molecule has 0 unspecified atom stereocenters. The van der Waals surface area contributed by atoms with E-state index in [9.17, 15) is 0 Å². The molecular formula is C9H15ClN2S. The van der Waals surface area contributed by atoms with Crippen LogP contribution in [0.5, 0.6) is 0 Å². The lowest BCUT2D eigenvalue weighted by Gasteiger charge is -2.16. The zero-order chi connectivity index (χ0) is 9.03. The fourth-order valence-electron chi connectivity index (χ4n) is 0.654. The summed E-state index contributed by atoms with van der Waals surface area (Å²) in [6, 6.07) is 4.06. The standard InChI is InChI=1S/C9H14N2S.ClH/c1-9(2,3)11-10-7-8-5-4-6-12-8;/h4-7,11H,1-3H3;1H. The van der Waals surface area contributed by atoms with Gasteiger partial charge in [0.25, 0.3) is 0 Å². The Bertz CT molecular complexity index is 249. The van der Waals surface area contributed by atoms with Gasteiger partial charge in [0, 0.05) is 10.4 Å². The topological polar surface area (TPSA) is 24.4 Å². The van der Waals surface area contributed by atoms with Gasteiger partial charge < -0.3 is 5.43 Å². The van der Waals surface area contributed by atoms with E-state index in [0.717, 1.165) is 0 Å². The second-order valence-corrected chi connectivity index (χ2v) is 4.61. The molecule has 4 heteroatoms. The SMILES string of the molecule is CC(C)(C)NN=Cc1cccs1.Cl. The van der Waals surface area contributed by atoms with E-state index >= 15 is 0 Å². The summed E-state index contributed by atoms with van der Waals surface area (Å²) >= 11 is 1.68. The van der Waals surface area contributed by atoms with Crippen LogP contribution in [0, 0.1) is 0 Å². The molecule has 1 N–H and O–H groups in total. The first-order valence-electron chi connectivity index (χ1n) is 3.92. The van der Waals surface area contributed by atoms with E-state index in [0.29, 0.717) is 0 Å². The molecule has 0 spiro atoms. The van der Waals surface area contributed by atoms with Crippen molar-refractivity contribution in [1.29, 1.82) is 0 Å². The summed E-state index contributed by atoms with van der Waals surface area (Å²) in [7, 11) is 0. The fraction of sp³-hybridized carbons (Fsp3) is 0.444. The lowest BCUT2D eigenvalue weighted by atomic mass is 10.1. The van der Waals surface area contributed by atoms with Crippen LogP contribution in [0.1, 0.15) is 25.6 Å². The van der Waals surface area contributed by atoms with Crippen molar-refractivity contribution in [2.45, 2.75) is 26.3 Å². The summed E-state index contributed by atoms with van der Waals surface area (Å²) in [5, 5.41) is 6.16. The minimum atomic E-state index is 0. The Morgan fingerprint density at radius 1 is 1.46 bits per heavy atom. The van der Waals surface area contributed by atoms with Crippen molar-refractivity contribution in [3.63, 3.8) is 0 Å². The Morgan fingerprint density at radius 2 is 2.15 bits per heavy atom. The summed E-state index contributed by atoms with van der Waals surface area (Å²) in [5.41, 5.74) is 3.09. The summed E-state index contributed by atoms with van der Waals surface area (Å²) in [4.78, 5) is 1.17. The van der Waals surface area contributed by atoms with Crippen LogP contribution < -0.4 is 5.43 Å². The molecule has 0 amide bonds. The van der Waals surface area contributed by atoms with Crippen molar-refractivity contribution in [1.82, 2.24) is 5.43 Å². The normalized spacial score (nSPS) is 11.3. The van der Waals surface area contributed by atoms with Crippen LogP contribution in [0.15, 0.2) is 22.6 Å². The molecule has 0 saturated heterocycles. The summed E-state index contributed by atoms with van der Waals surface area (Å²) in [6.07, 6.45) is 1.84. The van der Waals surface area contributed by atoms with Gasteiger partial charge in [0.05, 0.1) is 6.21 Å². The van der Waals surface area contributed by atoms with E-state index in [-0.39, 0.29) is 17.9 Å². The lowest BCUT2D eigenvalue weighted by molar-refractivity contribution is 0.442. The molecule has 0 saturated carbocycles. The maximum absolute atomic E-state index is 4.12. The molecule has 0 aliphatic heterocycles. The van der Waals surface area contributed by atoms with Crippen molar-refractivity contribution in [2.75, 3.05) is 0 Å². The molecule has 2 nitrogen and oxygen atoms in total. The average Bonchev–Trinajstić information content (AvgIpc) is 2.36. The molecule has 0 atom stereocenters. The van der Waals surface area contributed by atoms with Crippen LogP contribution in [0.25, 0.3) is 0 Å². The number of hydrogen-bond donors (Lipinski definition) is 1. The van der Waals surface area contributed by atoms with Crippen LogP contribution in [-0.4, -0.2) is 11.8 Å². The monoisotopic (exact) mass is 218 g/mol. The van der Waals surface area contributed by atoms with Crippen molar-refractivity contribution < 1.29 is 0 Å². The second-order valence-electron chi connectivity index (χ2n) is 3.64. The Morgan fingerprint density at radius 3 is 2.62 bits per heavy atom. The Labute approximate surface area is 89.5 Å². The van der Waals surface area contributed by atoms with E-state index in [1.165, 1.54) is 4.88 Å². The fourth-order valence-corrected chi connectivity index (χ4v) is 1.24. The Kier molecular flexibility index (Phi) is 5.03. The maximum atomic E-state index is 4.12. The predicted octanol–water partition coefficient (Wildman–Crippen LogP) is 2.89. The van der Waals surface area contributed by atoms with Gasteiger partial charge in [0.1, 0.15) is 0 Å². The van der Waals surface area contributed by atoms with Gasteiger partial charge in [-0.05, 0) is 32.2 Å². The third kappa shape index (κ3) is 5.66. The average molecular weight is 219 g/mol. The maximum Gasteiger partial charge on any atom is 0.0640 e. The molecule has 0 fully saturated rings. The number of thiophene rings is 1. The van der Waals surface area contributed by atoms with Gasteiger partial charge in [-0.3, -0.25) is 0 Å². The summed E-state index contributed by atoms with van der Waals surface area (Å²) in [6.45, 7) is 6.25. The van der Waals surface area contributed by atoms with E-state index in [1.54, 1.807) is 11.3 Å². The smallest absolute Gasteiger partial charge is 0.0640 e. The van der Waals surface area contributed by atoms with Crippen molar-refractivity contribution >= 4 is 30.0 Å². The van der Waals surface area contributed by atoms with Crippen LogP contribution in [0.4, 0.5) is 0 Å². The number of rotatable bonds is 2. The third-order valence-electron chi connectivity index (χ3n) is 1.13. The van der Waals surface area contributed by atoms with Gasteiger partial charge in [-0.25, -0.2) is 0 Å². The number of hydrazone groups is 1. The van der Waals surface area contributed by atoms with Gasteiger partial charge in [-0.15, -0.1) is 23.7 Å². The molecule has 74 valence electrons. The van der Waals surface area contributed by atoms with Crippen molar-refractivity contribution in [3.8, 4) is 0 Å². The predicted molar refractivity (Wildman–Crippen MR) is 62.0 cm³/mol. The molecule has 0 aromatic carbocycles.